The Hall–Kier alpha value is -4.01. The number of carbonyl (C=O) groups excluding carboxylic acids is 2. The molecule has 0 radical (unpaired) electrons. The summed E-state index contributed by atoms with van der Waals surface area (Å²) in [4.78, 5) is 24.7. The number of anilines is 1. The molecule has 0 fully saturated rings. The van der Waals surface area contributed by atoms with Gasteiger partial charge in [-0.3, -0.25) is 4.79 Å². The Morgan fingerprint density at radius 3 is 2.36 bits per heavy atom. The molecule has 0 aliphatic carbocycles. The van der Waals surface area contributed by atoms with Crippen LogP contribution in [0.5, 0.6) is 17.2 Å². The van der Waals surface area contributed by atoms with Gasteiger partial charge in [-0.1, -0.05) is 11.2 Å². The molecule has 0 aliphatic heterocycles. The minimum atomic E-state index is -0.670. The van der Waals surface area contributed by atoms with Crippen LogP contribution in [0.15, 0.2) is 40.9 Å². The maximum Gasteiger partial charge on any atom is 0.338 e. The Balaban J connectivity index is 1.60. The number of carbonyl (C=O) groups is 2. The molecular formula is C24H26N2O7. The van der Waals surface area contributed by atoms with Gasteiger partial charge in [-0.05, 0) is 56.7 Å². The molecule has 0 spiro atoms. The Labute approximate surface area is 191 Å². The van der Waals surface area contributed by atoms with Crippen LogP contribution in [-0.2, 0) is 16.1 Å². The third-order valence-electron chi connectivity index (χ3n) is 4.92. The molecule has 1 aromatic heterocycles. The zero-order valence-electron chi connectivity index (χ0n) is 19.2. The van der Waals surface area contributed by atoms with E-state index in [1.165, 1.54) is 26.4 Å². The van der Waals surface area contributed by atoms with E-state index < -0.39 is 18.5 Å². The van der Waals surface area contributed by atoms with E-state index in [2.05, 4.69) is 10.5 Å². The summed E-state index contributed by atoms with van der Waals surface area (Å²) in [5.41, 5.74) is 3.26. The van der Waals surface area contributed by atoms with Crippen LogP contribution in [0, 0.1) is 20.8 Å². The van der Waals surface area contributed by atoms with Crippen molar-refractivity contribution >= 4 is 17.6 Å². The molecule has 3 aromatic rings. The number of ether oxygens (including phenoxy) is 4. The number of amides is 1. The Morgan fingerprint density at radius 1 is 0.970 bits per heavy atom. The maximum atomic E-state index is 12.4. The van der Waals surface area contributed by atoms with Crippen molar-refractivity contribution in [1.82, 2.24) is 5.16 Å². The third kappa shape index (κ3) is 5.82. The second-order valence-electron chi connectivity index (χ2n) is 7.29. The molecule has 0 atom stereocenters. The summed E-state index contributed by atoms with van der Waals surface area (Å²) in [5, 5.41) is 6.58. The van der Waals surface area contributed by atoms with Gasteiger partial charge in [0.15, 0.2) is 18.1 Å². The first-order valence-electron chi connectivity index (χ1n) is 10.2. The fourth-order valence-electron chi connectivity index (χ4n) is 3.09. The molecule has 0 unspecified atom stereocenters. The van der Waals surface area contributed by atoms with Gasteiger partial charge in [0.25, 0.3) is 5.91 Å². The number of aromatic nitrogens is 1. The van der Waals surface area contributed by atoms with E-state index in [-0.39, 0.29) is 12.2 Å². The van der Waals surface area contributed by atoms with Crippen molar-refractivity contribution in [3.05, 3.63) is 64.5 Å². The van der Waals surface area contributed by atoms with E-state index in [1.54, 1.807) is 25.1 Å². The van der Waals surface area contributed by atoms with Gasteiger partial charge in [0.2, 0.25) is 0 Å². The molecule has 0 saturated heterocycles. The Bertz CT molecular complexity index is 1130. The van der Waals surface area contributed by atoms with Crippen LogP contribution < -0.4 is 19.5 Å². The lowest BCUT2D eigenvalue weighted by Gasteiger charge is -2.13. The molecule has 2 aromatic carbocycles. The van der Waals surface area contributed by atoms with Crippen molar-refractivity contribution < 1.29 is 33.1 Å². The predicted octanol–water partition coefficient (Wildman–Crippen LogP) is 3.99. The number of rotatable bonds is 9. The van der Waals surface area contributed by atoms with Crippen LogP contribution in [0.1, 0.15) is 32.9 Å². The fourth-order valence-corrected chi connectivity index (χ4v) is 3.09. The number of methoxy groups -OCH3 is 2. The predicted molar refractivity (Wildman–Crippen MR) is 120 cm³/mol. The average Bonchev–Trinajstić information content (AvgIpc) is 3.13. The number of benzene rings is 2. The van der Waals surface area contributed by atoms with Crippen molar-refractivity contribution in [2.75, 3.05) is 26.1 Å². The van der Waals surface area contributed by atoms with Gasteiger partial charge in [-0.25, -0.2) is 4.79 Å². The van der Waals surface area contributed by atoms with Gasteiger partial charge in [0.05, 0.1) is 36.7 Å². The molecule has 9 heteroatoms. The molecule has 174 valence electrons. The summed E-state index contributed by atoms with van der Waals surface area (Å²) in [6.07, 6.45) is 0. The highest BCUT2D eigenvalue weighted by molar-refractivity contribution is 5.96. The summed E-state index contributed by atoms with van der Waals surface area (Å²) in [6.45, 7) is 5.31. The van der Waals surface area contributed by atoms with Crippen molar-refractivity contribution in [1.29, 1.82) is 0 Å². The smallest absolute Gasteiger partial charge is 0.338 e. The normalized spacial score (nSPS) is 10.5. The lowest BCUT2D eigenvalue weighted by atomic mass is 10.2. The number of esters is 1. The Kier molecular flexibility index (Phi) is 7.55. The molecule has 0 bridgehead atoms. The monoisotopic (exact) mass is 454 g/mol. The molecular weight excluding hydrogens is 428 g/mol. The van der Waals surface area contributed by atoms with Crippen LogP contribution in [0.3, 0.4) is 0 Å². The molecule has 1 amide bonds. The lowest BCUT2D eigenvalue weighted by Crippen LogP contribution is -2.21. The zero-order valence-corrected chi connectivity index (χ0v) is 19.2. The second-order valence-corrected chi connectivity index (χ2v) is 7.29. The summed E-state index contributed by atoms with van der Waals surface area (Å²) < 4.78 is 26.7. The van der Waals surface area contributed by atoms with Crippen LogP contribution in [0.2, 0.25) is 0 Å². The second kappa shape index (κ2) is 10.5. The lowest BCUT2D eigenvalue weighted by molar-refractivity contribution is -0.119. The van der Waals surface area contributed by atoms with Gasteiger partial charge < -0.3 is 28.8 Å². The van der Waals surface area contributed by atoms with Gasteiger partial charge >= 0.3 is 5.97 Å². The van der Waals surface area contributed by atoms with Crippen LogP contribution in [-0.4, -0.2) is 37.9 Å². The van der Waals surface area contributed by atoms with E-state index in [0.29, 0.717) is 28.7 Å². The Morgan fingerprint density at radius 2 is 1.70 bits per heavy atom. The van der Waals surface area contributed by atoms with Crippen molar-refractivity contribution in [2.45, 2.75) is 27.4 Å². The van der Waals surface area contributed by atoms with Crippen molar-refractivity contribution in [3.63, 3.8) is 0 Å². The first-order chi connectivity index (χ1) is 15.8. The van der Waals surface area contributed by atoms with Crippen LogP contribution >= 0.6 is 0 Å². The van der Waals surface area contributed by atoms with Gasteiger partial charge in [0, 0.05) is 0 Å². The van der Waals surface area contributed by atoms with Gasteiger partial charge in [-0.2, -0.15) is 0 Å². The van der Waals surface area contributed by atoms with E-state index in [9.17, 15) is 9.59 Å². The minimum absolute atomic E-state index is 0.220. The van der Waals surface area contributed by atoms with Gasteiger partial charge in [0.1, 0.15) is 18.1 Å². The van der Waals surface area contributed by atoms with E-state index >= 15 is 0 Å². The van der Waals surface area contributed by atoms with Crippen molar-refractivity contribution in [3.8, 4) is 17.2 Å². The highest BCUT2D eigenvalue weighted by Crippen LogP contribution is 2.30. The minimum Gasteiger partial charge on any atom is -0.495 e. The van der Waals surface area contributed by atoms with Crippen LogP contribution in [0.25, 0.3) is 0 Å². The third-order valence-corrected chi connectivity index (χ3v) is 4.92. The largest absolute Gasteiger partial charge is 0.495 e. The molecule has 9 nitrogen and oxygen atoms in total. The summed E-state index contributed by atoms with van der Waals surface area (Å²) in [6, 6.07) is 10.0. The number of hydrogen-bond donors (Lipinski definition) is 1. The fraction of sp³-hybridized carbons (Fsp3) is 0.292. The summed E-state index contributed by atoms with van der Waals surface area (Å²) in [7, 11) is 2.98. The topological polar surface area (TPSA) is 109 Å². The molecule has 3 rings (SSSR count). The SMILES string of the molecule is COc1ccc(C)cc1NC(=O)COC(=O)c1ccc(OCc2c(C)noc2C)c(OC)c1. The number of nitrogens with one attached hydrogen (secondary N) is 1. The maximum absolute atomic E-state index is 12.4. The van der Waals surface area contributed by atoms with Crippen molar-refractivity contribution in [2.24, 2.45) is 0 Å². The van der Waals surface area contributed by atoms with E-state index in [1.807, 2.05) is 19.9 Å². The van der Waals surface area contributed by atoms with E-state index in [0.717, 1.165) is 16.8 Å². The molecule has 1 N–H and O–H groups in total. The molecule has 0 aliphatic rings. The average molecular weight is 454 g/mol. The molecule has 1 heterocycles. The standard InChI is InChI=1S/C24H26N2O7/c1-14-6-8-20(29-4)19(10-14)25-23(27)13-32-24(28)17-7-9-21(22(11-17)30-5)31-12-18-15(2)26-33-16(18)3/h6-11H,12-13H2,1-5H3,(H,25,27). The number of hydrogen-bond acceptors (Lipinski definition) is 8. The first kappa shape index (κ1) is 23.6. The summed E-state index contributed by atoms with van der Waals surface area (Å²) in [5.74, 6) is 0.824. The van der Waals surface area contributed by atoms with Crippen LogP contribution in [0.4, 0.5) is 5.69 Å². The van der Waals surface area contributed by atoms with E-state index in [4.69, 9.17) is 23.5 Å². The molecule has 0 saturated carbocycles. The quantitative estimate of drug-likeness (QED) is 0.484. The number of nitrogens with zero attached hydrogens (tertiary/aromatic N) is 1. The zero-order chi connectivity index (χ0) is 24.0. The highest BCUT2D eigenvalue weighted by Gasteiger charge is 2.16. The highest BCUT2D eigenvalue weighted by atomic mass is 16.5. The molecule has 33 heavy (non-hydrogen) atoms. The number of aryl methyl sites for hydroxylation is 3. The van der Waals surface area contributed by atoms with Gasteiger partial charge in [-0.15, -0.1) is 0 Å². The first-order valence-corrected chi connectivity index (χ1v) is 10.2. The summed E-state index contributed by atoms with van der Waals surface area (Å²) >= 11 is 0.